The maximum atomic E-state index is 10.0. The van der Waals surface area contributed by atoms with Gasteiger partial charge in [0, 0.05) is 22.5 Å². The van der Waals surface area contributed by atoms with Crippen LogP contribution in [0.3, 0.4) is 0 Å². The first kappa shape index (κ1) is 13.1. The molecule has 0 saturated carbocycles. The van der Waals surface area contributed by atoms with Gasteiger partial charge in [0.2, 0.25) is 0 Å². The molecule has 0 aliphatic heterocycles. The van der Waals surface area contributed by atoms with E-state index in [0.717, 1.165) is 27.9 Å². The van der Waals surface area contributed by atoms with Crippen molar-refractivity contribution in [3.05, 3.63) is 66.7 Å². The fourth-order valence-electron chi connectivity index (χ4n) is 2.35. The molecule has 0 heterocycles. The van der Waals surface area contributed by atoms with E-state index in [2.05, 4.69) is 0 Å². The Hall–Kier alpha value is -2.94. The molecule has 0 aromatic heterocycles. The van der Waals surface area contributed by atoms with Crippen LogP contribution < -0.4 is 11.5 Å². The molecule has 0 unspecified atom stereocenters. The molecule has 3 rings (SSSR count). The first-order valence-electron chi connectivity index (χ1n) is 6.69. The number of para-hydroxylation sites is 1. The molecule has 104 valence electrons. The third-order valence-corrected chi connectivity index (χ3v) is 3.49. The van der Waals surface area contributed by atoms with Crippen molar-refractivity contribution < 1.29 is 5.11 Å². The van der Waals surface area contributed by atoms with Crippen molar-refractivity contribution in [2.24, 2.45) is 0 Å². The summed E-state index contributed by atoms with van der Waals surface area (Å²) >= 11 is 0. The molecule has 0 aliphatic carbocycles. The summed E-state index contributed by atoms with van der Waals surface area (Å²) in [6.07, 6.45) is 0. The molecule has 0 atom stereocenters. The van der Waals surface area contributed by atoms with Crippen LogP contribution in [0.5, 0.6) is 5.75 Å². The number of hydrogen-bond acceptors (Lipinski definition) is 3. The Morgan fingerprint density at radius 2 is 1.33 bits per heavy atom. The molecule has 5 N–H and O–H groups in total. The molecule has 0 radical (unpaired) electrons. The van der Waals surface area contributed by atoms with Crippen LogP contribution in [-0.4, -0.2) is 5.11 Å². The molecule has 3 nitrogen and oxygen atoms in total. The van der Waals surface area contributed by atoms with Gasteiger partial charge in [-0.15, -0.1) is 0 Å². The second-order valence-electron chi connectivity index (χ2n) is 4.94. The van der Waals surface area contributed by atoms with Crippen LogP contribution in [0.25, 0.3) is 22.3 Å². The number of aromatic hydroxyl groups is 1. The van der Waals surface area contributed by atoms with E-state index in [0.29, 0.717) is 5.69 Å². The van der Waals surface area contributed by atoms with Crippen molar-refractivity contribution in [1.82, 2.24) is 0 Å². The van der Waals surface area contributed by atoms with Gasteiger partial charge in [-0.3, -0.25) is 0 Å². The Morgan fingerprint density at radius 1 is 0.667 bits per heavy atom. The van der Waals surface area contributed by atoms with Crippen LogP contribution in [0, 0.1) is 0 Å². The number of phenolic OH excluding ortho intramolecular Hbond substituents is 1. The van der Waals surface area contributed by atoms with Crippen LogP contribution in [-0.2, 0) is 0 Å². The van der Waals surface area contributed by atoms with E-state index in [9.17, 15) is 5.11 Å². The van der Waals surface area contributed by atoms with Crippen molar-refractivity contribution in [2.75, 3.05) is 11.5 Å². The number of hydrogen-bond donors (Lipinski definition) is 3. The molecule has 3 heteroatoms. The first-order valence-corrected chi connectivity index (χ1v) is 6.69. The van der Waals surface area contributed by atoms with Gasteiger partial charge in [-0.1, -0.05) is 36.4 Å². The highest BCUT2D eigenvalue weighted by atomic mass is 16.3. The maximum Gasteiger partial charge on any atom is 0.123 e. The first-order chi connectivity index (χ1) is 10.1. The molecule has 0 bridgehead atoms. The molecular weight excluding hydrogens is 260 g/mol. The van der Waals surface area contributed by atoms with Crippen molar-refractivity contribution in [2.45, 2.75) is 0 Å². The van der Waals surface area contributed by atoms with Gasteiger partial charge in [-0.2, -0.15) is 0 Å². The number of nitrogens with two attached hydrogens (primary N) is 2. The van der Waals surface area contributed by atoms with Gasteiger partial charge >= 0.3 is 0 Å². The fourth-order valence-corrected chi connectivity index (χ4v) is 2.35. The third-order valence-electron chi connectivity index (χ3n) is 3.49. The number of rotatable bonds is 2. The van der Waals surface area contributed by atoms with Gasteiger partial charge in [0.15, 0.2) is 0 Å². The maximum absolute atomic E-state index is 10.0. The lowest BCUT2D eigenvalue weighted by molar-refractivity contribution is 0.477. The monoisotopic (exact) mass is 276 g/mol. The minimum absolute atomic E-state index is 0.221. The average molecular weight is 276 g/mol. The van der Waals surface area contributed by atoms with Crippen LogP contribution in [0.15, 0.2) is 66.7 Å². The van der Waals surface area contributed by atoms with E-state index in [-0.39, 0.29) is 5.75 Å². The Bertz CT molecular complexity index is 779. The average Bonchev–Trinajstić information content (AvgIpc) is 2.50. The number of benzene rings is 3. The fraction of sp³-hybridized carbons (Fsp3) is 0. The van der Waals surface area contributed by atoms with E-state index in [1.165, 1.54) is 0 Å². The predicted molar refractivity (Wildman–Crippen MR) is 87.8 cm³/mol. The van der Waals surface area contributed by atoms with Crippen LogP contribution in [0.4, 0.5) is 11.4 Å². The van der Waals surface area contributed by atoms with Crippen molar-refractivity contribution >= 4 is 11.4 Å². The van der Waals surface area contributed by atoms with E-state index in [4.69, 9.17) is 11.5 Å². The van der Waals surface area contributed by atoms with Gasteiger partial charge in [0.25, 0.3) is 0 Å². The predicted octanol–water partition coefficient (Wildman–Crippen LogP) is 3.89. The summed E-state index contributed by atoms with van der Waals surface area (Å²) in [5.74, 6) is 0.221. The SMILES string of the molecule is Nc1ccc(-c2ccc(N)c(-c3ccccc3O)c2)cc1. The van der Waals surface area contributed by atoms with Crippen molar-refractivity contribution in [3.63, 3.8) is 0 Å². The topological polar surface area (TPSA) is 72.3 Å². The summed E-state index contributed by atoms with van der Waals surface area (Å²) < 4.78 is 0. The van der Waals surface area contributed by atoms with E-state index in [1.54, 1.807) is 12.1 Å². The summed E-state index contributed by atoms with van der Waals surface area (Å²) in [6, 6.07) is 20.6. The Morgan fingerprint density at radius 3 is 2.05 bits per heavy atom. The van der Waals surface area contributed by atoms with Crippen molar-refractivity contribution in [1.29, 1.82) is 0 Å². The Balaban J connectivity index is 2.13. The van der Waals surface area contributed by atoms with Gasteiger partial charge in [0.1, 0.15) is 5.75 Å². The van der Waals surface area contributed by atoms with Gasteiger partial charge in [-0.25, -0.2) is 0 Å². The highest BCUT2D eigenvalue weighted by molar-refractivity contribution is 5.84. The molecular formula is C18H16N2O. The van der Waals surface area contributed by atoms with Crippen LogP contribution in [0.2, 0.25) is 0 Å². The zero-order valence-corrected chi connectivity index (χ0v) is 11.5. The summed E-state index contributed by atoms with van der Waals surface area (Å²) in [5, 5.41) is 10.0. The number of nitrogen functional groups attached to an aromatic ring is 2. The quantitative estimate of drug-likeness (QED) is 0.622. The summed E-state index contributed by atoms with van der Waals surface area (Å²) in [4.78, 5) is 0. The van der Waals surface area contributed by atoms with Gasteiger partial charge in [0.05, 0.1) is 0 Å². The lowest BCUT2D eigenvalue weighted by Crippen LogP contribution is -1.91. The lowest BCUT2D eigenvalue weighted by Gasteiger charge is -2.11. The lowest BCUT2D eigenvalue weighted by atomic mass is 9.97. The molecule has 3 aromatic rings. The van der Waals surface area contributed by atoms with E-state index in [1.807, 2.05) is 54.6 Å². The standard InChI is InChI=1S/C18H16N2O/c19-14-8-5-12(6-9-14)13-7-10-17(20)16(11-13)15-3-1-2-4-18(15)21/h1-11,21H,19-20H2. The van der Waals surface area contributed by atoms with Crippen molar-refractivity contribution in [3.8, 4) is 28.0 Å². The molecule has 21 heavy (non-hydrogen) atoms. The van der Waals surface area contributed by atoms with E-state index < -0.39 is 0 Å². The van der Waals surface area contributed by atoms with Gasteiger partial charge in [-0.05, 0) is 41.5 Å². The number of anilines is 2. The molecule has 3 aromatic carbocycles. The normalized spacial score (nSPS) is 10.5. The van der Waals surface area contributed by atoms with Gasteiger partial charge < -0.3 is 16.6 Å². The zero-order chi connectivity index (χ0) is 14.8. The number of phenols is 1. The molecule has 0 amide bonds. The summed E-state index contributed by atoms with van der Waals surface area (Å²) in [7, 11) is 0. The summed E-state index contributed by atoms with van der Waals surface area (Å²) in [5.41, 5.74) is 16.8. The highest BCUT2D eigenvalue weighted by Crippen LogP contribution is 2.35. The largest absolute Gasteiger partial charge is 0.507 e. The second-order valence-corrected chi connectivity index (χ2v) is 4.94. The van der Waals surface area contributed by atoms with Crippen LogP contribution in [0.1, 0.15) is 0 Å². The highest BCUT2D eigenvalue weighted by Gasteiger charge is 2.09. The molecule has 0 spiro atoms. The van der Waals surface area contributed by atoms with E-state index >= 15 is 0 Å². The van der Waals surface area contributed by atoms with Crippen LogP contribution >= 0.6 is 0 Å². The Labute approximate surface area is 123 Å². The minimum atomic E-state index is 0.221. The molecule has 0 fully saturated rings. The molecule has 0 aliphatic rings. The Kier molecular flexibility index (Phi) is 3.24. The summed E-state index contributed by atoms with van der Waals surface area (Å²) in [6.45, 7) is 0. The second kappa shape index (κ2) is 5.21. The zero-order valence-electron chi connectivity index (χ0n) is 11.5. The smallest absolute Gasteiger partial charge is 0.123 e. The minimum Gasteiger partial charge on any atom is -0.507 e. The molecule has 0 saturated heterocycles. The third kappa shape index (κ3) is 2.54.